The standard InChI is InChI=1S/C17H17N9O2/c1-9-12-6-4-5-7-13(12)16(28)25(21-9)8-14(27)18-15-10(2)22-26(11(15)3)17-19-23-24-20-17/h4-7H,8H2,1-3H3,(H,18,27)(H,19,20,23,24). The fraction of sp³-hybridized carbons (Fsp3) is 0.235. The van der Waals surface area contributed by atoms with Gasteiger partial charge in [0.15, 0.2) is 0 Å². The highest BCUT2D eigenvalue weighted by Crippen LogP contribution is 2.21. The van der Waals surface area contributed by atoms with E-state index in [9.17, 15) is 9.59 Å². The van der Waals surface area contributed by atoms with Gasteiger partial charge in [-0.05, 0) is 32.1 Å². The molecule has 0 saturated carbocycles. The minimum absolute atomic E-state index is 0.212. The normalized spacial score (nSPS) is 11.1. The van der Waals surface area contributed by atoms with Gasteiger partial charge in [0.25, 0.3) is 11.5 Å². The number of carbonyl (C=O) groups excluding carboxylic acids is 1. The first-order valence-electron chi connectivity index (χ1n) is 8.52. The first-order valence-corrected chi connectivity index (χ1v) is 8.52. The van der Waals surface area contributed by atoms with Crippen molar-refractivity contribution in [1.82, 2.24) is 40.2 Å². The molecule has 28 heavy (non-hydrogen) atoms. The molecule has 0 bridgehead atoms. The molecule has 0 radical (unpaired) electrons. The van der Waals surface area contributed by atoms with E-state index in [2.05, 4.69) is 36.1 Å². The third kappa shape index (κ3) is 2.92. The molecule has 1 amide bonds. The van der Waals surface area contributed by atoms with Crippen molar-refractivity contribution in [3.05, 3.63) is 51.7 Å². The number of aromatic nitrogens is 8. The number of nitrogens with one attached hydrogen (secondary N) is 2. The fourth-order valence-corrected chi connectivity index (χ4v) is 3.09. The number of anilines is 1. The van der Waals surface area contributed by atoms with Crippen LogP contribution >= 0.6 is 0 Å². The number of rotatable bonds is 4. The van der Waals surface area contributed by atoms with Crippen LogP contribution in [0.5, 0.6) is 0 Å². The molecule has 11 nitrogen and oxygen atoms in total. The third-order valence-electron chi connectivity index (χ3n) is 4.43. The molecule has 142 valence electrons. The molecular formula is C17H17N9O2. The van der Waals surface area contributed by atoms with Crippen LogP contribution in [-0.4, -0.2) is 46.1 Å². The second-order valence-electron chi connectivity index (χ2n) is 6.31. The molecule has 0 atom stereocenters. The maximum absolute atomic E-state index is 12.6. The summed E-state index contributed by atoms with van der Waals surface area (Å²) in [6.45, 7) is 5.12. The first-order chi connectivity index (χ1) is 13.5. The summed E-state index contributed by atoms with van der Waals surface area (Å²) in [5.41, 5.74) is 2.13. The second-order valence-corrected chi connectivity index (χ2v) is 6.31. The van der Waals surface area contributed by atoms with Crippen LogP contribution in [0.4, 0.5) is 5.69 Å². The van der Waals surface area contributed by atoms with Gasteiger partial charge < -0.3 is 5.32 Å². The number of fused-ring (bicyclic) bond motifs is 1. The van der Waals surface area contributed by atoms with Crippen molar-refractivity contribution in [3.8, 4) is 5.95 Å². The van der Waals surface area contributed by atoms with Crippen LogP contribution in [0.15, 0.2) is 29.1 Å². The maximum atomic E-state index is 12.6. The van der Waals surface area contributed by atoms with E-state index >= 15 is 0 Å². The van der Waals surface area contributed by atoms with E-state index in [0.717, 1.165) is 5.39 Å². The fourth-order valence-electron chi connectivity index (χ4n) is 3.09. The van der Waals surface area contributed by atoms with E-state index in [1.54, 1.807) is 32.9 Å². The van der Waals surface area contributed by atoms with Gasteiger partial charge in [-0.25, -0.2) is 4.68 Å². The Bertz CT molecular complexity index is 1240. The lowest BCUT2D eigenvalue weighted by molar-refractivity contribution is -0.117. The second kappa shape index (κ2) is 6.68. The van der Waals surface area contributed by atoms with Crippen LogP contribution in [0.1, 0.15) is 17.1 Å². The van der Waals surface area contributed by atoms with Crippen molar-refractivity contribution in [2.45, 2.75) is 27.3 Å². The molecule has 1 aromatic carbocycles. The number of tetrazole rings is 1. The Morgan fingerprint density at radius 3 is 2.57 bits per heavy atom. The summed E-state index contributed by atoms with van der Waals surface area (Å²) in [5, 5.41) is 26.3. The number of amides is 1. The van der Waals surface area contributed by atoms with E-state index in [-0.39, 0.29) is 24.0 Å². The molecule has 4 aromatic rings. The summed E-state index contributed by atoms with van der Waals surface area (Å²) in [7, 11) is 0. The summed E-state index contributed by atoms with van der Waals surface area (Å²) in [6.07, 6.45) is 0. The van der Waals surface area contributed by atoms with Crippen molar-refractivity contribution < 1.29 is 4.79 Å². The van der Waals surface area contributed by atoms with Crippen molar-refractivity contribution >= 4 is 22.4 Å². The number of aromatic amines is 1. The first kappa shape index (κ1) is 17.5. The SMILES string of the molecule is Cc1nn(-c2nn[nH]n2)c(C)c1NC(=O)Cn1nc(C)c2ccccc2c1=O. The highest BCUT2D eigenvalue weighted by atomic mass is 16.2. The van der Waals surface area contributed by atoms with Gasteiger partial charge in [-0.3, -0.25) is 9.59 Å². The Morgan fingerprint density at radius 1 is 1.11 bits per heavy atom. The molecule has 11 heteroatoms. The molecule has 3 aromatic heterocycles. The van der Waals surface area contributed by atoms with Gasteiger partial charge in [0.05, 0.1) is 28.2 Å². The van der Waals surface area contributed by atoms with Gasteiger partial charge in [0.1, 0.15) is 6.54 Å². The molecule has 0 aliphatic rings. The summed E-state index contributed by atoms with van der Waals surface area (Å²) in [4.78, 5) is 25.2. The summed E-state index contributed by atoms with van der Waals surface area (Å²) >= 11 is 0. The predicted molar refractivity (Wildman–Crippen MR) is 100 cm³/mol. The largest absolute Gasteiger partial charge is 0.321 e. The lowest BCUT2D eigenvalue weighted by Crippen LogP contribution is -2.30. The zero-order valence-corrected chi connectivity index (χ0v) is 15.5. The average molecular weight is 379 g/mol. The Hall–Kier alpha value is -3.89. The van der Waals surface area contributed by atoms with Crippen molar-refractivity contribution in [1.29, 1.82) is 0 Å². The van der Waals surface area contributed by atoms with Crippen molar-refractivity contribution in [2.75, 3.05) is 5.32 Å². The van der Waals surface area contributed by atoms with E-state index in [0.29, 0.717) is 28.2 Å². The lowest BCUT2D eigenvalue weighted by atomic mass is 10.1. The minimum Gasteiger partial charge on any atom is -0.321 e. The van der Waals surface area contributed by atoms with Crippen molar-refractivity contribution in [2.24, 2.45) is 0 Å². The van der Waals surface area contributed by atoms with Gasteiger partial charge >= 0.3 is 0 Å². The van der Waals surface area contributed by atoms with E-state index in [1.807, 2.05) is 12.1 Å². The van der Waals surface area contributed by atoms with Crippen LogP contribution in [0.25, 0.3) is 16.7 Å². The monoisotopic (exact) mass is 379 g/mol. The van der Waals surface area contributed by atoms with E-state index < -0.39 is 0 Å². The lowest BCUT2D eigenvalue weighted by Gasteiger charge is -2.09. The number of hydrogen-bond donors (Lipinski definition) is 2. The number of benzene rings is 1. The number of H-pyrrole nitrogens is 1. The average Bonchev–Trinajstić information content (AvgIpc) is 3.30. The van der Waals surface area contributed by atoms with Gasteiger partial charge in [-0.1, -0.05) is 23.3 Å². The van der Waals surface area contributed by atoms with Gasteiger partial charge in [-0.2, -0.15) is 20.1 Å². The molecular weight excluding hydrogens is 362 g/mol. The molecule has 3 heterocycles. The van der Waals surface area contributed by atoms with Crippen LogP contribution in [0.3, 0.4) is 0 Å². The predicted octanol–water partition coefficient (Wildman–Crippen LogP) is 0.659. The highest BCUT2D eigenvalue weighted by Gasteiger charge is 2.18. The topological polar surface area (TPSA) is 136 Å². The maximum Gasteiger partial charge on any atom is 0.290 e. The molecule has 4 rings (SSSR count). The summed E-state index contributed by atoms with van der Waals surface area (Å²) in [6, 6.07) is 7.19. The Kier molecular flexibility index (Phi) is 4.18. The quantitative estimate of drug-likeness (QED) is 0.531. The minimum atomic E-state index is -0.386. The zero-order valence-electron chi connectivity index (χ0n) is 15.5. The number of carbonyl (C=O) groups is 1. The molecule has 0 fully saturated rings. The summed E-state index contributed by atoms with van der Waals surface area (Å²) in [5.74, 6) is -0.118. The molecule has 0 spiro atoms. The van der Waals surface area contributed by atoms with Crippen LogP contribution in [0, 0.1) is 20.8 Å². The van der Waals surface area contributed by atoms with Crippen LogP contribution in [0.2, 0.25) is 0 Å². The van der Waals surface area contributed by atoms with Crippen molar-refractivity contribution in [3.63, 3.8) is 0 Å². The third-order valence-corrected chi connectivity index (χ3v) is 4.43. The zero-order chi connectivity index (χ0) is 19.8. The van der Waals surface area contributed by atoms with Gasteiger partial charge in [-0.15, -0.1) is 5.10 Å². The smallest absolute Gasteiger partial charge is 0.290 e. The molecule has 2 N–H and O–H groups in total. The van der Waals surface area contributed by atoms with E-state index in [4.69, 9.17) is 0 Å². The van der Waals surface area contributed by atoms with Crippen LogP contribution in [-0.2, 0) is 11.3 Å². The number of hydrogen-bond acceptors (Lipinski definition) is 7. The molecule has 0 aliphatic heterocycles. The Balaban J connectivity index is 1.62. The van der Waals surface area contributed by atoms with Gasteiger partial charge in [0, 0.05) is 5.39 Å². The number of aryl methyl sites for hydroxylation is 2. The summed E-state index contributed by atoms with van der Waals surface area (Å²) < 4.78 is 2.64. The molecule has 0 saturated heterocycles. The number of nitrogens with zero attached hydrogens (tertiary/aromatic N) is 7. The Labute approximate surface area is 158 Å². The van der Waals surface area contributed by atoms with Gasteiger partial charge in [0.2, 0.25) is 5.91 Å². The van der Waals surface area contributed by atoms with E-state index in [1.165, 1.54) is 9.36 Å². The van der Waals surface area contributed by atoms with Crippen LogP contribution < -0.4 is 10.9 Å². The molecule has 0 aliphatic carbocycles. The highest BCUT2D eigenvalue weighted by molar-refractivity contribution is 5.92. The molecule has 0 unspecified atom stereocenters. The Morgan fingerprint density at radius 2 is 1.86 bits per heavy atom.